The number of aliphatic hydroxyl groups is 1. The minimum atomic E-state index is -0.676. The lowest BCUT2D eigenvalue weighted by atomic mass is 9.62. The zero-order valence-corrected chi connectivity index (χ0v) is 13.0. The molecule has 1 aromatic rings. The molecule has 1 atom stereocenters. The van der Waals surface area contributed by atoms with E-state index in [0.29, 0.717) is 5.41 Å². The molecule has 1 aromatic carbocycles. The summed E-state index contributed by atoms with van der Waals surface area (Å²) in [4.78, 5) is 0. The highest BCUT2D eigenvalue weighted by Crippen LogP contribution is 2.51. The molecule has 1 saturated carbocycles. The van der Waals surface area contributed by atoms with Gasteiger partial charge in [-0.1, -0.05) is 32.0 Å². The normalized spacial score (nSPS) is 22.0. The zero-order valence-electron chi connectivity index (χ0n) is 13.0. The quantitative estimate of drug-likeness (QED) is 0.863. The van der Waals surface area contributed by atoms with Crippen molar-refractivity contribution in [1.82, 2.24) is 0 Å². The van der Waals surface area contributed by atoms with Crippen LogP contribution in [0.25, 0.3) is 0 Å². The minimum absolute atomic E-state index is 0.293. The van der Waals surface area contributed by atoms with Gasteiger partial charge in [-0.25, -0.2) is 0 Å². The second-order valence-electron chi connectivity index (χ2n) is 7.14. The van der Waals surface area contributed by atoms with Crippen molar-refractivity contribution in [3.05, 3.63) is 34.9 Å². The van der Waals surface area contributed by atoms with Gasteiger partial charge in [0, 0.05) is 0 Å². The van der Waals surface area contributed by atoms with Crippen molar-refractivity contribution in [3.63, 3.8) is 0 Å². The van der Waals surface area contributed by atoms with Crippen LogP contribution in [0.2, 0.25) is 0 Å². The molecule has 1 fully saturated rings. The molecular formula is C18H25NO. The molecule has 0 heterocycles. The van der Waals surface area contributed by atoms with Crippen molar-refractivity contribution < 1.29 is 5.11 Å². The molecule has 1 aliphatic rings. The topological polar surface area (TPSA) is 44.0 Å². The van der Waals surface area contributed by atoms with Gasteiger partial charge in [-0.2, -0.15) is 5.26 Å². The number of rotatable bonds is 2. The summed E-state index contributed by atoms with van der Waals surface area (Å²) < 4.78 is 0. The molecule has 0 aromatic heterocycles. The van der Waals surface area contributed by atoms with E-state index in [-0.39, 0.29) is 0 Å². The van der Waals surface area contributed by atoms with Crippen LogP contribution in [0.5, 0.6) is 0 Å². The summed E-state index contributed by atoms with van der Waals surface area (Å²) in [6.45, 7) is 8.53. The van der Waals surface area contributed by atoms with E-state index in [1.807, 2.05) is 32.0 Å². The number of aliphatic hydroxyl groups excluding tert-OH is 1. The first-order chi connectivity index (χ1) is 9.31. The van der Waals surface area contributed by atoms with Crippen LogP contribution in [0.3, 0.4) is 0 Å². The van der Waals surface area contributed by atoms with E-state index in [4.69, 9.17) is 0 Å². The summed E-state index contributed by atoms with van der Waals surface area (Å²) in [5.74, 6) is 0. The number of nitrogens with zero attached hydrogens (tertiary/aromatic N) is 1. The molecule has 0 aliphatic heterocycles. The Bertz CT molecular complexity index is 509. The van der Waals surface area contributed by atoms with Crippen molar-refractivity contribution in [3.8, 4) is 6.07 Å². The monoisotopic (exact) mass is 271 g/mol. The maximum atomic E-state index is 10.9. The fraction of sp³-hybridized carbons (Fsp3) is 0.611. The Labute approximate surface area is 122 Å². The Hall–Kier alpha value is -1.33. The maximum absolute atomic E-state index is 10.9. The molecule has 0 saturated heterocycles. The van der Waals surface area contributed by atoms with Crippen molar-refractivity contribution in [1.29, 1.82) is 5.26 Å². The largest absolute Gasteiger partial charge is 0.387 e. The van der Waals surface area contributed by atoms with Crippen molar-refractivity contribution in [2.45, 2.75) is 59.5 Å². The average Bonchev–Trinajstić information content (AvgIpc) is 2.39. The van der Waals surface area contributed by atoms with Gasteiger partial charge < -0.3 is 5.11 Å². The van der Waals surface area contributed by atoms with Crippen molar-refractivity contribution in [2.75, 3.05) is 0 Å². The van der Waals surface area contributed by atoms with E-state index >= 15 is 0 Å². The van der Waals surface area contributed by atoms with Gasteiger partial charge in [-0.3, -0.25) is 0 Å². The summed E-state index contributed by atoms with van der Waals surface area (Å²) in [5, 5.41) is 20.6. The van der Waals surface area contributed by atoms with Gasteiger partial charge in [-0.05, 0) is 61.6 Å². The fourth-order valence-corrected chi connectivity index (χ4v) is 3.35. The van der Waals surface area contributed by atoms with E-state index in [9.17, 15) is 10.4 Å². The minimum Gasteiger partial charge on any atom is -0.387 e. The average molecular weight is 271 g/mol. The second kappa shape index (κ2) is 5.22. The molecule has 0 spiro atoms. The van der Waals surface area contributed by atoms with Gasteiger partial charge in [0.05, 0.1) is 17.6 Å². The van der Waals surface area contributed by atoms with E-state index in [1.54, 1.807) is 0 Å². The van der Waals surface area contributed by atoms with E-state index in [1.165, 1.54) is 0 Å². The Morgan fingerprint density at radius 1 is 1.10 bits per heavy atom. The highest BCUT2D eigenvalue weighted by atomic mass is 16.3. The summed E-state index contributed by atoms with van der Waals surface area (Å²) in [5.41, 5.74) is 2.79. The SMILES string of the molecule is Cc1cccc(C)c1C(O)C1(C#N)CCC(C)(C)CC1. The number of hydrogen-bond acceptors (Lipinski definition) is 2. The summed E-state index contributed by atoms with van der Waals surface area (Å²) in [6, 6.07) is 8.50. The van der Waals surface area contributed by atoms with Crippen LogP contribution < -0.4 is 0 Å². The highest BCUT2D eigenvalue weighted by Gasteiger charge is 2.45. The lowest BCUT2D eigenvalue weighted by Crippen LogP contribution is -2.35. The summed E-state index contributed by atoms with van der Waals surface area (Å²) in [6.07, 6.45) is 2.90. The molecule has 0 bridgehead atoms. The Morgan fingerprint density at radius 2 is 1.60 bits per heavy atom. The first kappa shape index (κ1) is 15.1. The first-order valence-corrected chi connectivity index (χ1v) is 7.47. The maximum Gasteiger partial charge on any atom is 0.0981 e. The van der Waals surface area contributed by atoms with Crippen LogP contribution in [-0.4, -0.2) is 5.11 Å². The predicted octanol–water partition coefficient (Wildman–Crippen LogP) is 4.45. The summed E-state index contributed by atoms with van der Waals surface area (Å²) in [7, 11) is 0. The van der Waals surface area contributed by atoms with Crippen molar-refractivity contribution >= 4 is 0 Å². The van der Waals surface area contributed by atoms with Crippen LogP contribution in [0, 0.1) is 36.0 Å². The van der Waals surface area contributed by atoms with E-state index < -0.39 is 11.5 Å². The van der Waals surface area contributed by atoms with Crippen LogP contribution in [-0.2, 0) is 0 Å². The fourth-order valence-electron chi connectivity index (χ4n) is 3.35. The Balaban J connectivity index is 2.36. The molecule has 2 nitrogen and oxygen atoms in total. The first-order valence-electron chi connectivity index (χ1n) is 7.47. The lowest BCUT2D eigenvalue weighted by molar-refractivity contribution is 0.00884. The molecule has 2 rings (SSSR count). The molecular weight excluding hydrogens is 246 g/mol. The number of benzene rings is 1. The molecule has 2 heteroatoms. The molecule has 0 amide bonds. The van der Waals surface area contributed by atoms with E-state index in [2.05, 4.69) is 19.9 Å². The molecule has 108 valence electrons. The van der Waals surface area contributed by atoms with Gasteiger partial charge in [0.2, 0.25) is 0 Å². The third-order valence-corrected chi connectivity index (χ3v) is 5.06. The number of hydrogen-bond donors (Lipinski definition) is 1. The smallest absolute Gasteiger partial charge is 0.0981 e. The number of aryl methyl sites for hydroxylation is 2. The van der Waals surface area contributed by atoms with Crippen molar-refractivity contribution in [2.24, 2.45) is 10.8 Å². The second-order valence-corrected chi connectivity index (χ2v) is 7.14. The zero-order chi connectivity index (χ0) is 15.0. The van der Waals surface area contributed by atoms with Crippen LogP contribution in [0.1, 0.15) is 62.3 Å². The Morgan fingerprint density at radius 3 is 2.05 bits per heavy atom. The van der Waals surface area contributed by atoms with E-state index in [0.717, 1.165) is 42.4 Å². The van der Waals surface area contributed by atoms with Gasteiger partial charge in [0.15, 0.2) is 0 Å². The molecule has 0 radical (unpaired) electrons. The lowest BCUT2D eigenvalue weighted by Gasteiger charge is -2.42. The van der Waals surface area contributed by atoms with Crippen LogP contribution >= 0.6 is 0 Å². The molecule has 1 aliphatic carbocycles. The number of nitriles is 1. The van der Waals surface area contributed by atoms with Gasteiger partial charge in [0.25, 0.3) is 0 Å². The highest BCUT2D eigenvalue weighted by molar-refractivity contribution is 5.37. The molecule has 1 N–H and O–H groups in total. The Kier molecular flexibility index (Phi) is 3.93. The van der Waals surface area contributed by atoms with Crippen LogP contribution in [0.15, 0.2) is 18.2 Å². The van der Waals surface area contributed by atoms with Gasteiger partial charge in [-0.15, -0.1) is 0 Å². The third-order valence-electron chi connectivity index (χ3n) is 5.06. The molecule has 20 heavy (non-hydrogen) atoms. The molecule has 1 unspecified atom stereocenters. The standard InChI is InChI=1S/C18H25NO/c1-13-6-5-7-14(2)15(13)16(20)18(12-19)10-8-17(3,4)9-11-18/h5-7,16,20H,8-11H2,1-4H3. The predicted molar refractivity (Wildman–Crippen MR) is 81.2 cm³/mol. The van der Waals surface area contributed by atoms with Crippen LogP contribution in [0.4, 0.5) is 0 Å². The van der Waals surface area contributed by atoms with Gasteiger partial charge in [0.1, 0.15) is 0 Å². The summed E-state index contributed by atoms with van der Waals surface area (Å²) >= 11 is 0. The van der Waals surface area contributed by atoms with Gasteiger partial charge >= 0.3 is 0 Å². The third kappa shape index (κ3) is 2.60.